The van der Waals surface area contributed by atoms with Gasteiger partial charge >= 0.3 is 5.97 Å². The second kappa shape index (κ2) is 6.30. The van der Waals surface area contributed by atoms with Crippen LogP contribution in [0.25, 0.3) is 11.1 Å². The second-order valence-corrected chi connectivity index (χ2v) is 4.41. The number of hydrogen-bond acceptors (Lipinski definition) is 2. The van der Waals surface area contributed by atoms with Crippen molar-refractivity contribution >= 4 is 5.97 Å². The molecule has 0 aliphatic carbocycles. The van der Waals surface area contributed by atoms with Crippen molar-refractivity contribution in [3.8, 4) is 11.1 Å². The van der Waals surface area contributed by atoms with Crippen molar-refractivity contribution in [2.75, 3.05) is 13.7 Å². The highest BCUT2D eigenvalue weighted by Crippen LogP contribution is 2.26. The summed E-state index contributed by atoms with van der Waals surface area (Å²) in [7, 11) is 1.64. The van der Waals surface area contributed by atoms with Crippen molar-refractivity contribution in [2.24, 2.45) is 0 Å². The molecule has 104 valence electrons. The predicted molar refractivity (Wildman–Crippen MR) is 74.4 cm³/mol. The Kier molecular flexibility index (Phi) is 4.48. The topological polar surface area (TPSA) is 46.5 Å². The molecule has 0 aliphatic rings. The van der Waals surface area contributed by atoms with E-state index in [1.54, 1.807) is 25.3 Å². The minimum Gasteiger partial charge on any atom is -0.478 e. The molecule has 2 rings (SSSR count). The quantitative estimate of drug-likeness (QED) is 0.909. The fraction of sp³-hybridized carbons (Fsp3) is 0.188. The Hall–Kier alpha value is -2.20. The van der Waals surface area contributed by atoms with Crippen LogP contribution >= 0.6 is 0 Å². The van der Waals surface area contributed by atoms with Crippen LogP contribution in [0.2, 0.25) is 0 Å². The number of hydrogen-bond donors (Lipinski definition) is 1. The van der Waals surface area contributed by atoms with Crippen molar-refractivity contribution in [3.05, 3.63) is 59.4 Å². The van der Waals surface area contributed by atoms with Gasteiger partial charge < -0.3 is 9.84 Å². The first kappa shape index (κ1) is 14.2. The lowest BCUT2D eigenvalue weighted by Crippen LogP contribution is -2.03. The standard InChI is InChI=1S/C16H15FO3/c1-20-10-9-11-5-7-12(8-6-11)13-3-2-4-14(17)15(13)16(18)19/h2-8H,9-10H2,1H3,(H,18,19). The number of halogens is 1. The van der Waals surface area contributed by atoms with Crippen LogP contribution in [0.4, 0.5) is 4.39 Å². The van der Waals surface area contributed by atoms with Crippen LogP contribution in [0.3, 0.4) is 0 Å². The normalized spacial score (nSPS) is 10.5. The van der Waals surface area contributed by atoms with E-state index in [4.69, 9.17) is 9.84 Å². The Morgan fingerprint density at radius 2 is 1.90 bits per heavy atom. The number of carboxylic acid groups (broad SMARTS) is 1. The van der Waals surface area contributed by atoms with E-state index in [0.29, 0.717) is 17.7 Å². The molecule has 1 N–H and O–H groups in total. The molecule has 4 heteroatoms. The largest absolute Gasteiger partial charge is 0.478 e. The first-order valence-electron chi connectivity index (χ1n) is 6.23. The van der Waals surface area contributed by atoms with Gasteiger partial charge in [0.1, 0.15) is 11.4 Å². The van der Waals surface area contributed by atoms with Crippen molar-refractivity contribution in [1.82, 2.24) is 0 Å². The molecule has 20 heavy (non-hydrogen) atoms. The van der Waals surface area contributed by atoms with Gasteiger partial charge in [-0.15, -0.1) is 0 Å². The Labute approximate surface area is 116 Å². The zero-order chi connectivity index (χ0) is 14.5. The minimum absolute atomic E-state index is 0.294. The van der Waals surface area contributed by atoms with Gasteiger partial charge in [-0.3, -0.25) is 0 Å². The van der Waals surface area contributed by atoms with Crippen molar-refractivity contribution in [2.45, 2.75) is 6.42 Å². The predicted octanol–water partition coefficient (Wildman–Crippen LogP) is 3.38. The van der Waals surface area contributed by atoms with Crippen LogP contribution in [0.15, 0.2) is 42.5 Å². The van der Waals surface area contributed by atoms with E-state index < -0.39 is 11.8 Å². The summed E-state index contributed by atoms with van der Waals surface area (Å²) < 4.78 is 18.6. The summed E-state index contributed by atoms with van der Waals surface area (Å²) in [6, 6.07) is 11.7. The first-order valence-corrected chi connectivity index (χ1v) is 6.23. The Morgan fingerprint density at radius 3 is 2.50 bits per heavy atom. The molecule has 0 saturated heterocycles. The molecule has 0 heterocycles. The van der Waals surface area contributed by atoms with E-state index in [1.165, 1.54) is 6.07 Å². The van der Waals surface area contributed by atoms with Gasteiger partial charge in [0.25, 0.3) is 0 Å². The van der Waals surface area contributed by atoms with Crippen LogP contribution in [0, 0.1) is 5.82 Å². The van der Waals surface area contributed by atoms with Gasteiger partial charge in [0.15, 0.2) is 0 Å². The van der Waals surface area contributed by atoms with Gasteiger partial charge in [-0.25, -0.2) is 9.18 Å². The number of aromatic carboxylic acids is 1. The highest BCUT2D eigenvalue weighted by molar-refractivity contribution is 5.96. The van der Waals surface area contributed by atoms with Crippen molar-refractivity contribution in [3.63, 3.8) is 0 Å². The fourth-order valence-corrected chi connectivity index (χ4v) is 2.05. The molecule has 0 spiro atoms. The Bertz CT molecular complexity index is 606. The third-order valence-corrected chi connectivity index (χ3v) is 3.09. The molecule has 2 aromatic rings. The molecule has 0 saturated carbocycles. The van der Waals surface area contributed by atoms with Crippen molar-refractivity contribution < 1.29 is 19.0 Å². The maximum absolute atomic E-state index is 13.6. The molecule has 0 bridgehead atoms. The van der Waals surface area contributed by atoms with Crippen LogP contribution in [0.1, 0.15) is 15.9 Å². The highest BCUT2D eigenvalue weighted by atomic mass is 19.1. The summed E-state index contributed by atoms with van der Waals surface area (Å²) in [5, 5.41) is 9.12. The lowest BCUT2D eigenvalue weighted by Gasteiger charge is -2.08. The number of rotatable bonds is 5. The van der Waals surface area contributed by atoms with Gasteiger partial charge in [0, 0.05) is 7.11 Å². The van der Waals surface area contributed by atoms with Gasteiger partial charge in [0.2, 0.25) is 0 Å². The average molecular weight is 274 g/mol. The van der Waals surface area contributed by atoms with Crippen LogP contribution in [-0.4, -0.2) is 24.8 Å². The third-order valence-electron chi connectivity index (χ3n) is 3.09. The molecule has 3 nitrogen and oxygen atoms in total. The van der Waals surface area contributed by atoms with Gasteiger partial charge in [-0.05, 0) is 29.2 Å². The number of benzene rings is 2. The van der Waals surface area contributed by atoms with Crippen LogP contribution in [-0.2, 0) is 11.2 Å². The first-order chi connectivity index (χ1) is 9.63. The zero-order valence-corrected chi connectivity index (χ0v) is 11.1. The third kappa shape index (κ3) is 3.03. The molecule has 0 aliphatic heterocycles. The van der Waals surface area contributed by atoms with Gasteiger partial charge in [-0.2, -0.15) is 0 Å². The van der Waals surface area contributed by atoms with E-state index in [-0.39, 0.29) is 5.56 Å². The van der Waals surface area contributed by atoms with E-state index in [9.17, 15) is 9.18 Å². The summed E-state index contributed by atoms with van der Waals surface area (Å²) in [6.07, 6.45) is 0.783. The molecule has 2 aromatic carbocycles. The fourth-order valence-electron chi connectivity index (χ4n) is 2.05. The molecular weight excluding hydrogens is 259 g/mol. The van der Waals surface area contributed by atoms with Gasteiger partial charge in [-0.1, -0.05) is 36.4 Å². The lowest BCUT2D eigenvalue weighted by atomic mass is 9.98. The average Bonchev–Trinajstić information content (AvgIpc) is 2.45. The number of ether oxygens (including phenoxy) is 1. The molecule has 0 fully saturated rings. The summed E-state index contributed by atoms with van der Waals surface area (Å²) >= 11 is 0. The summed E-state index contributed by atoms with van der Waals surface area (Å²) in [4.78, 5) is 11.2. The molecule has 0 radical (unpaired) electrons. The Balaban J connectivity index is 2.37. The lowest BCUT2D eigenvalue weighted by molar-refractivity contribution is 0.0693. The minimum atomic E-state index is -1.26. The maximum Gasteiger partial charge on any atom is 0.339 e. The molecule has 0 aromatic heterocycles. The monoisotopic (exact) mass is 274 g/mol. The number of methoxy groups -OCH3 is 1. The molecule has 0 amide bonds. The second-order valence-electron chi connectivity index (χ2n) is 4.41. The van der Waals surface area contributed by atoms with Crippen LogP contribution < -0.4 is 0 Å². The maximum atomic E-state index is 13.6. The number of carbonyl (C=O) groups is 1. The van der Waals surface area contributed by atoms with E-state index in [0.717, 1.165) is 18.1 Å². The summed E-state index contributed by atoms with van der Waals surface area (Å²) in [5.74, 6) is -1.99. The van der Waals surface area contributed by atoms with Crippen molar-refractivity contribution in [1.29, 1.82) is 0 Å². The summed E-state index contributed by atoms with van der Waals surface area (Å²) in [6.45, 7) is 0.625. The highest BCUT2D eigenvalue weighted by Gasteiger charge is 2.16. The summed E-state index contributed by atoms with van der Waals surface area (Å²) in [5.41, 5.74) is 1.86. The van der Waals surface area contributed by atoms with E-state index >= 15 is 0 Å². The van der Waals surface area contributed by atoms with E-state index in [1.807, 2.05) is 12.1 Å². The van der Waals surface area contributed by atoms with E-state index in [2.05, 4.69) is 0 Å². The smallest absolute Gasteiger partial charge is 0.339 e. The SMILES string of the molecule is COCCc1ccc(-c2cccc(F)c2C(=O)O)cc1. The Morgan fingerprint density at radius 1 is 1.20 bits per heavy atom. The zero-order valence-electron chi connectivity index (χ0n) is 11.1. The molecule has 0 unspecified atom stereocenters. The van der Waals surface area contributed by atoms with Crippen LogP contribution in [0.5, 0.6) is 0 Å². The van der Waals surface area contributed by atoms with Gasteiger partial charge in [0.05, 0.1) is 6.61 Å². The molecular formula is C16H15FO3. The number of carboxylic acids is 1. The molecule has 0 atom stereocenters.